The third-order valence-electron chi connectivity index (χ3n) is 3.36. The molecule has 5 nitrogen and oxygen atoms in total. The highest BCUT2D eigenvalue weighted by atomic mass is 16.5. The van der Waals surface area contributed by atoms with Gasteiger partial charge in [-0.2, -0.15) is 0 Å². The van der Waals surface area contributed by atoms with E-state index in [0.717, 1.165) is 11.1 Å². The minimum Gasteiger partial charge on any atom is -0.495 e. The maximum atomic E-state index is 12.3. The molecule has 2 N–H and O–H groups in total. The minimum absolute atomic E-state index is 0.0848. The summed E-state index contributed by atoms with van der Waals surface area (Å²) >= 11 is 0. The Morgan fingerprint density at radius 3 is 2.39 bits per heavy atom. The van der Waals surface area contributed by atoms with Crippen LogP contribution in [0.4, 0.5) is 5.69 Å². The van der Waals surface area contributed by atoms with Crippen LogP contribution < -0.4 is 15.4 Å². The zero-order valence-corrected chi connectivity index (χ0v) is 13.5. The third kappa shape index (κ3) is 4.57. The average molecular weight is 312 g/mol. The molecule has 0 spiro atoms. The molecule has 0 aromatic heterocycles. The normalized spacial score (nSPS) is 10.0. The number of carbonyl (C=O) groups excluding carboxylic acids is 2. The maximum Gasteiger partial charge on any atom is 0.255 e. The van der Waals surface area contributed by atoms with Gasteiger partial charge in [-0.1, -0.05) is 18.2 Å². The first-order valence-corrected chi connectivity index (χ1v) is 7.29. The molecule has 0 aliphatic rings. The highest BCUT2D eigenvalue weighted by molar-refractivity contribution is 6.05. The predicted octanol–water partition coefficient (Wildman–Crippen LogP) is 2.89. The van der Waals surface area contributed by atoms with Gasteiger partial charge >= 0.3 is 0 Å². The molecule has 0 fully saturated rings. The molecule has 0 saturated heterocycles. The lowest BCUT2D eigenvalue weighted by atomic mass is 10.1. The number of rotatable bonds is 5. The van der Waals surface area contributed by atoms with Crippen LogP contribution in [-0.2, 0) is 11.3 Å². The van der Waals surface area contributed by atoms with Crippen LogP contribution in [0, 0.1) is 6.92 Å². The second kappa shape index (κ2) is 7.45. The highest BCUT2D eigenvalue weighted by Crippen LogP contribution is 2.25. The number of hydrogen-bond donors (Lipinski definition) is 2. The number of aryl methyl sites for hydroxylation is 1. The fourth-order valence-electron chi connectivity index (χ4n) is 2.11. The molecule has 2 aromatic carbocycles. The van der Waals surface area contributed by atoms with Gasteiger partial charge in [-0.25, -0.2) is 0 Å². The Bertz CT molecular complexity index is 709. The summed E-state index contributed by atoms with van der Waals surface area (Å²) in [5.41, 5.74) is 3.15. The smallest absolute Gasteiger partial charge is 0.255 e. The van der Waals surface area contributed by atoms with Crippen LogP contribution in [0.5, 0.6) is 5.75 Å². The number of amides is 2. The van der Waals surface area contributed by atoms with Gasteiger partial charge in [0, 0.05) is 19.0 Å². The predicted molar refractivity (Wildman–Crippen MR) is 89.6 cm³/mol. The van der Waals surface area contributed by atoms with E-state index in [1.807, 2.05) is 37.3 Å². The summed E-state index contributed by atoms with van der Waals surface area (Å²) in [6, 6.07) is 12.7. The fourth-order valence-corrected chi connectivity index (χ4v) is 2.11. The highest BCUT2D eigenvalue weighted by Gasteiger charge is 2.10. The van der Waals surface area contributed by atoms with E-state index in [0.29, 0.717) is 23.5 Å². The first kappa shape index (κ1) is 16.5. The SMILES string of the molecule is COc1ccc(C)cc1NC(=O)c1ccc(CNC(C)=O)cc1. The van der Waals surface area contributed by atoms with E-state index in [1.54, 1.807) is 19.2 Å². The molecule has 2 aromatic rings. The maximum absolute atomic E-state index is 12.3. The summed E-state index contributed by atoms with van der Waals surface area (Å²) in [6.45, 7) is 3.87. The van der Waals surface area contributed by atoms with E-state index in [2.05, 4.69) is 10.6 Å². The largest absolute Gasteiger partial charge is 0.495 e. The molecule has 2 rings (SSSR count). The second-order valence-electron chi connectivity index (χ2n) is 5.26. The van der Waals surface area contributed by atoms with Crippen LogP contribution in [0.15, 0.2) is 42.5 Å². The zero-order chi connectivity index (χ0) is 16.8. The lowest BCUT2D eigenvalue weighted by Crippen LogP contribution is -2.19. The Morgan fingerprint density at radius 1 is 1.09 bits per heavy atom. The first-order chi connectivity index (χ1) is 11.0. The van der Waals surface area contributed by atoms with Crippen molar-refractivity contribution in [3.05, 3.63) is 59.2 Å². The first-order valence-electron chi connectivity index (χ1n) is 7.29. The van der Waals surface area contributed by atoms with E-state index >= 15 is 0 Å². The van der Waals surface area contributed by atoms with E-state index in [9.17, 15) is 9.59 Å². The van der Waals surface area contributed by atoms with Gasteiger partial charge in [0.25, 0.3) is 5.91 Å². The monoisotopic (exact) mass is 312 g/mol. The Morgan fingerprint density at radius 2 is 1.78 bits per heavy atom. The third-order valence-corrected chi connectivity index (χ3v) is 3.36. The van der Waals surface area contributed by atoms with E-state index in [1.165, 1.54) is 6.92 Å². The summed E-state index contributed by atoms with van der Waals surface area (Å²) in [6.07, 6.45) is 0. The number of nitrogens with one attached hydrogen (secondary N) is 2. The standard InChI is InChI=1S/C18H20N2O3/c1-12-4-9-17(23-3)16(10-12)20-18(22)15-7-5-14(6-8-15)11-19-13(2)21/h4-10H,11H2,1-3H3,(H,19,21)(H,20,22). The van der Waals surface area contributed by atoms with Crippen molar-refractivity contribution >= 4 is 17.5 Å². The van der Waals surface area contributed by atoms with Crippen molar-refractivity contribution < 1.29 is 14.3 Å². The summed E-state index contributed by atoms with van der Waals surface area (Å²) in [5.74, 6) is 0.324. The summed E-state index contributed by atoms with van der Waals surface area (Å²) < 4.78 is 5.26. The molecule has 5 heteroatoms. The van der Waals surface area contributed by atoms with Crippen LogP contribution in [0.1, 0.15) is 28.4 Å². The molecule has 0 unspecified atom stereocenters. The molecule has 0 atom stereocenters. The van der Waals surface area contributed by atoms with Crippen molar-refractivity contribution in [2.45, 2.75) is 20.4 Å². The van der Waals surface area contributed by atoms with Gasteiger partial charge in [0.05, 0.1) is 12.8 Å². The van der Waals surface area contributed by atoms with Gasteiger partial charge in [-0.05, 0) is 42.3 Å². The zero-order valence-electron chi connectivity index (χ0n) is 13.5. The van der Waals surface area contributed by atoms with Crippen molar-refractivity contribution in [3.63, 3.8) is 0 Å². The lowest BCUT2D eigenvalue weighted by Gasteiger charge is -2.11. The van der Waals surface area contributed by atoms with Gasteiger partial charge in [0.2, 0.25) is 5.91 Å². The Hall–Kier alpha value is -2.82. The molecular weight excluding hydrogens is 292 g/mol. The van der Waals surface area contributed by atoms with Gasteiger partial charge in [-0.3, -0.25) is 9.59 Å². The molecule has 120 valence electrons. The molecule has 0 radical (unpaired) electrons. The van der Waals surface area contributed by atoms with Crippen LogP contribution in [0.3, 0.4) is 0 Å². The molecule has 0 aliphatic carbocycles. The van der Waals surface area contributed by atoms with Crippen molar-refractivity contribution in [2.24, 2.45) is 0 Å². The number of hydrogen-bond acceptors (Lipinski definition) is 3. The van der Waals surface area contributed by atoms with Crippen LogP contribution in [0.2, 0.25) is 0 Å². The lowest BCUT2D eigenvalue weighted by molar-refractivity contribution is -0.119. The van der Waals surface area contributed by atoms with Gasteiger partial charge in [0.1, 0.15) is 5.75 Å². The Kier molecular flexibility index (Phi) is 5.36. The van der Waals surface area contributed by atoms with Crippen molar-refractivity contribution in [1.82, 2.24) is 5.32 Å². The van der Waals surface area contributed by atoms with Crippen molar-refractivity contribution in [3.8, 4) is 5.75 Å². The van der Waals surface area contributed by atoms with E-state index in [4.69, 9.17) is 4.74 Å². The second-order valence-corrected chi connectivity index (χ2v) is 5.26. The number of anilines is 1. The summed E-state index contributed by atoms with van der Waals surface area (Å²) in [5, 5.41) is 5.57. The minimum atomic E-state index is -0.208. The fraction of sp³-hybridized carbons (Fsp3) is 0.222. The molecule has 2 amide bonds. The number of carbonyl (C=O) groups is 2. The summed E-state index contributed by atoms with van der Waals surface area (Å²) in [4.78, 5) is 23.2. The molecule has 0 aliphatic heterocycles. The number of ether oxygens (including phenoxy) is 1. The van der Waals surface area contributed by atoms with E-state index in [-0.39, 0.29) is 11.8 Å². The van der Waals surface area contributed by atoms with Crippen LogP contribution >= 0.6 is 0 Å². The van der Waals surface area contributed by atoms with Crippen LogP contribution in [0.25, 0.3) is 0 Å². The Labute approximate surface area is 135 Å². The van der Waals surface area contributed by atoms with E-state index < -0.39 is 0 Å². The molecule has 0 heterocycles. The topological polar surface area (TPSA) is 67.4 Å². The van der Waals surface area contributed by atoms with Gasteiger partial charge in [-0.15, -0.1) is 0 Å². The van der Waals surface area contributed by atoms with Crippen molar-refractivity contribution in [2.75, 3.05) is 12.4 Å². The molecule has 23 heavy (non-hydrogen) atoms. The molecule has 0 saturated carbocycles. The van der Waals surface area contributed by atoms with Gasteiger partial charge in [0.15, 0.2) is 0 Å². The van der Waals surface area contributed by atoms with Crippen molar-refractivity contribution in [1.29, 1.82) is 0 Å². The number of methoxy groups -OCH3 is 1. The Balaban J connectivity index is 2.09. The van der Waals surface area contributed by atoms with Gasteiger partial charge < -0.3 is 15.4 Å². The number of benzene rings is 2. The molecular formula is C18H20N2O3. The van der Waals surface area contributed by atoms with Crippen LogP contribution in [-0.4, -0.2) is 18.9 Å². The average Bonchev–Trinajstić information content (AvgIpc) is 2.53. The quantitative estimate of drug-likeness (QED) is 0.892. The molecule has 0 bridgehead atoms. The summed E-state index contributed by atoms with van der Waals surface area (Å²) in [7, 11) is 1.57.